The first-order chi connectivity index (χ1) is 6.27. The van der Waals surface area contributed by atoms with Crippen molar-refractivity contribution in [3.8, 4) is 0 Å². The molecule has 0 aromatic carbocycles. The van der Waals surface area contributed by atoms with Crippen molar-refractivity contribution in [2.24, 2.45) is 0 Å². The molecule has 2 aromatic heterocycles. The lowest BCUT2D eigenvalue weighted by Gasteiger charge is -1.95. The van der Waals surface area contributed by atoms with Crippen molar-refractivity contribution in [3.05, 3.63) is 35.9 Å². The topological polar surface area (TPSA) is 26.0 Å². The van der Waals surface area contributed by atoms with Crippen molar-refractivity contribution < 1.29 is 4.42 Å². The van der Waals surface area contributed by atoms with Crippen molar-refractivity contribution in [2.75, 3.05) is 0 Å². The van der Waals surface area contributed by atoms with Gasteiger partial charge in [0.15, 0.2) is 0 Å². The Labute approximate surface area is 76.9 Å². The summed E-state index contributed by atoms with van der Waals surface area (Å²) in [5, 5.41) is 1.07. The lowest BCUT2D eigenvalue weighted by molar-refractivity contribution is 0.615. The van der Waals surface area contributed by atoms with E-state index in [0.717, 1.165) is 16.7 Å². The van der Waals surface area contributed by atoms with Crippen LogP contribution < -0.4 is 0 Å². The van der Waals surface area contributed by atoms with Gasteiger partial charge in [-0.15, -0.1) is 0 Å². The Morgan fingerprint density at radius 2 is 2.23 bits per heavy atom. The highest BCUT2D eigenvalue weighted by Gasteiger charge is 2.00. The number of aromatic nitrogens is 1. The number of furan rings is 1. The summed E-state index contributed by atoms with van der Waals surface area (Å²) in [5.41, 5.74) is 3.11. The van der Waals surface area contributed by atoms with Gasteiger partial charge in [0, 0.05) is 11.6 Å². The van der Waals surface area contributed by atoms with E-state index in [0.29, 0.717) is 0 Å². The fraction of sp³-hybridized carbons (Fsp3) is 0.182. The fourth-order valence-corrected chi connectivity index (χ4v) is 1.30. The molecule has 2 heteroatoms. The number of fused-ring (bicyclic) bond motifs is 1. The average Bonchev–Trinajstić information content (AvgIpc) is 2.51. The molecule has 0 radical (unpaired) electrons. The molecule has 0 aliphatic carbocycles. The first kappa shape index (κ1) is 8.05. The van der Waals surface area contributed by atoms with Gasteiger partial charge < -0.3 is 4.42 Å². The zero-order chi connectivity index (χ0) is 9.26. The van der Waals surface area contributed by atoms with Crippen LogP contribution in [0, 0.1) is 0 Å². The quantitative estimate of drug-likeness (QED) is 0.661. The molecule has 0 spiro atoms. The second kappa shape index (κ2) is 3.05. The van der Waals surface area contributed by atoms with Crippen LogP contribution in [-0.4, -0.2) is 4.98 Å². The van der Waals surface area contributed by atoms with E-state index in [1.165, 1.54) is 5.57 Å². The van der Waals surface area contributed by atoms with E-state index in [4.69, 9.17) is 4.42 Å². The second-order valence-corrected chi connectivity index (χ2v) is 3.25. The van der Waals surface area contributed by atoms with E-state index in [2.05, 4.69) is 24.9 Å². The Hall–Kier alpha value is -1.57. The minimum absolute atomic E-state index is 0.891. The molecule has 0 aliphatic rings. The molecular formula is C11H11NO. The number of pyridine rings is 1. The summed E-state index contributed by atoms with van der Waals surface area (Å²) in [5.74, 6) is 0. The zero-order valence-electron chi connectivity index (χ0n) is 7.74. The zero-order valence-corrected chi connectivity index (χ0v) is 7.74. The predicted octanol–water partition coefficient (Wildman–Crippen LogP) is 3.25. The summed E-state index contributed by atoms with van der Waals surface area (Å²) >= 11 is 0. The standard InChI is InChI=1S/C11H11NO/c1-8(2)7-10-9-4-6-13-11(9)3-5-12-10/h3-7H,1-2H3. The Morgan fingerprint density at radius 3 is 3.00 bits per heavy atom. The van der Waals surface area contributed by atoms with Crippen LogP contribution in [0.4, 0.5) is 0 Å². The number of allylic oxidation sites excluding steroid dienone is 1. The number of rotatable bonds is 1. The lowest BCUT2D eigenvalue weighted by Crippen LogP contribution is -1.80. The van der Waals surface area contributed by atoms with Gasteiger partial charge in [0.05, 0.1) is 12.0 Å². The molecule has 13 heavy (non-hydrogen) atoms. The molecule has 2 aromatic rings. The Morgan fingerprint density at radius 1 is 1.38 bits per heavy atom. The van der Waals surface area contributed by atoms with Crippen LogP contribution in [0.15, 0.2) is 34.6 Å². The van der Waals surface area contributed by atoms with Crippen molar-refractivity contribution >= 4 is 17.0 Å². The van der Waals surface area contributed by atoms with Crippen LogP contribution >= 0.6 is 0 Å². The summed E-state index contributed by atoms with van der Waals surface area (Å²) in [6, 6.07) is 3.81. The smallest absolute Gasteiger partial charge is 0.137 e. The van der Waals surface area contributed by atoms with Crippen LogP contribution in [-0.2, 0) is 0 Å². The van der Waals surface area contributed by atoms with Crippen LogP contribution in [0.2, 0.25) is 0 Å². The van der Waals surface area contributed by atoms with Gasteiger partial charge in [-0.1, -0.05) is 5.57 Å². The van der Waals surface area contributed by atoms with Gasteiger partial charge in [0.1, 0.15) is 5.58 Å². The molecule has 2 heterocycles. The Balaban J connectivity index is 2.68. The molecule has 0 amide bonds. The van der Waals surface area contributed by atoms with Gasteiger partial charge in [-0.2, -0.15) is 0 Å². The molecule has 66 valence electrons. The van der Waals surface area contributed by atoms with E-state index < -0.39 is 0 Å². The van der Waals surface area contributed by atoms with Crippen LogP contribution in [0.1, 0.15) is 19.5 Å². The Kier molecular flexibility index (Phi) is 1.89. The molecule has 2 nitrogen and oxygen atoms in total. The monoisotopic (exact) mass is 173 g/mol. The van der Waals surface area contributed by atoms with E-state index >= 15 is 0 Å². The van der Waals surface area contributed by atoms with Gasteiger partial charge in [-0.3, -0.25) is 4.98 Å². The number of hydrogen-bond donors (Lipinski definition) is 0. The first-order valence-corrected chi connectivity index (χ1v) is 4.24. The molecule has 0 saturated heterocycles. The molecule has 0 aliphatic heterocycles. The van der Waals surface area contributed by atoms with Crippen molar-refractivity contribution in [3.63, 3.8) is 0 Å². The van der Waals surface area contributed by atoms with Crippen LogP contribution in [0.5, 0.6) is 0 Å². The number of hydrogen-bond acceptors (Lipinski definition) is 2. The van der Waals surface area contributed by atoms with Crippen molar-refractivity contribution in [2.45, 2.75) is 13.8 Å². The second-order valence-electron chi connectivity index (χ2n) is 3.25. The van der Waals surface area contributed by atoms with Gasteiger partial charge in [-0.25, -0.2) is 0 Å². The lowest BCUT2D eigenvalue weighted by atomic mass is 10.2. The molecule has 0 unspecified atom stereocenters. The number of nitrogens with zero attached hydrogens (tertiary/aromatic N) is 1. The third-order valence-corrected chi connectivity index (χ3v) is 1.84. The molecule has 2 rings (SSSR count). The molecular weight excluding hydrogens is 162 g/mol. The minimum Gasteiger partial charge on any atom is -0.464 e. The van der Waals surface area contributed by atoms with Crippen LogP contribution in [0.3, 0.4) is 0 Å². The largest absolute Gasteiger partial charge is 0.464 e. The normalized spacial score (nSPS) is 10.3. The molecule has 0 bridgehead atoms. The average molecular weight is 173 g/mol. The van der Waals surface area contributed by atoms with Crippen molar-refractivity contribution in [1.29, 1.82) is 0 Å². The molecule has 0 atom stereocenters. The van der Waals surface area contributed by atoms with E-state index in [9.17, 15) is 0 Å². The minimum atomic E-state index is 0.891. The summed E-state index contributed by atoms with van der Waals surface area (Å²) in [6.07, 6.45) is 5.51. The van der Waals surface area contributed by atoms with E-state index in [1.54, 1.807) is 12.5 Å². The highest BCUT2D eigenvalue weighted by Crippen LogP contribution is 2.19. The van der Waals surface area contributed by atoms with Crippen molar-refractivity contribution in [1.82, 2.24) is 4.98 Å². The maximum atomic E-state index is 5.27. The summed E-state index contributed by atoms with van der Waals surface area (Å²) < 4.78 is 5.27. The summed E-state index contributed by atoms with van der Waals surface area (Å²) in [4.78, 5) is 4.28. The highest BCUT2D eigenvalue weighted by molar-refractivity contribution is 5.85. The van der Waals surface area contributed by atoms with E-state index in [1.807, 2.05) is 12.1 Å². The van der Waals surface area contributed by atoms with E-state index in [-0.39, 0.29) is 0 Å². The summed E-state index contributed by atoms with van der Waals surface area (Å²) in [7, 11) is 0. The molecule has 0 fully saturated rings. The third kappa shape index (κ3) is 1.47. The SMILES string of the molecule is CC(C)=Cc1nccc2occc12. The van der Waals surface area contributed by atoms with Gasteiger partial charge in [0.25, 0.3) is 0 Å². The molecule has 0 saturated carbocycles. The van der Waals surface area contributed by atoms with Gasteiger partial charge >= 0.3 is 0 Å². The summed E-state index contributed by atoms with van der Waals surface area (Å²) in [6.45, 7) is 4.11. The maximum absolute atomic E-state index is 5.27. The predicted molar refractivity (Wildman–Crippen MR) is 53.3 cm³/mol. The first-order valence-electron chi connectivity index (χ1n) is 4.24. The third-order valence-electron chi connectivity index (χ3n) is 1.84. The maximum Gasteiger partial charge on any atom is 0.137 e. The van der Waals surface area contributed by atoms with Crippen LogP contribution in [0.25, 0.3) is 17.0 Å². The van der Waals surface area contributed by atoms with Gasteiger partial charge in [-0.05, 0) is 32.1 Å². The molecule has 0 N–H and O–H groups in total. The fourth-order valence-electron chi connectivity index (χ4n) is 1.30. The van der Waals surface area contributed by atoms with Gasteiger partial charge in [0.2, 0.25) is 0 Å². The Bertz CT molecular complexity index is 450. The highest BCUT2D eigenvalue weighted by atomic mass is 16.3.